The summed E-state index contributed by atoms with van der Waals surface area (Å²) in [7, 11) is 0. The summed E-state index contributed by atoms with van der Waals surface area (Å²) in [6, 6.07) is 17.2. The highest BCUT2D eigenvalue weighted by molar-refractivity contribution is 14.1. The third kappa shape index (κ3) is 3.64. The van der Waals surface area contributed by atoms with Crippen molar-refractivity contribution in [3.63, 3.8) is 0 Å². The highest BCUT2D eigenvalue weighted by atomic mass is 127. The predicted octanol–water partition coefficient (Wildman–Crippen LogP) is 3.45. The molecule has 0 saturated heterocycles. The van der Waals surface area contributed by atoms with Gasteiger partial charge in [-0.1, -0.05) is 42.5 Å². The smallest absolute Gasteiger partial charge is 0.267 e. The van der Waals surface area contributed by atoms with Crippen LogP contribution in [0.3, 0.4) is 0 Å². The molecule has 0 aliphatic rings. The van der Waals surface area contributed by atoms with E-state index in [-0.39, 0.29) is 5.91 Å². The van der Waals surface area contributed by atoms with Gasteiger partial charge >= 0.3 is 0 Å². The number of nitrogens with zero attached hydrogens (tertiary/aromatic N) is 1. The van der Waals surface area contributed by atoms with Crippen molar-refractivity contribution in [3.8, 4) is 0 Å². The summed E-state index contributed by atoms with van der Waals surface area (Å²) in [5.41, 5.74) is 4.98. The molecular formula is C15H13IN2O. The van der Waals surface area contributed by atoms with Gasteiger partial charge in [-0.15, -0.1) is 0 Å². The normalized spacial score (nSPS) is 11.2. The molecule has 0 aromatic heterocycles. The van der Waals surface area contributed by atoms with E-state index in [2.05, 4.69) is 33.1 Å². The molecule has 0 saturated carbocycles. The average molecular weight is 364 g/mol. The zero-order valence-electron chi connectivity index (χ0n) is 10.4. The number of carbonyl (C=O) groups excluding carboxylic acids is 1. The molecule has 2 rings (SSSR count). The minimum Gasteiger partial charge on any atom is -0.267 e. The van der Waals surface area contributed by atoms with Gasteiger partial charge in [0.15, 0.2) is 0 Å². The highest BCUT2D eigenvalue weighted by Gasteiger charge is 2.08. The number of nitrogens with one attached hydrogen (secondary N) is 1. The van der Waals surface area contributed by atoms with Crippen LogP contribution in [0.15, 0.2) is 59.7 Å². The van der Waals surface area contributed by atoms with Gasteiger partial charge in [0.1, 0.15) is 0 Å². The lowest BCUT2D eigenvalue weighted by atomic mass is 10.1. The average Bonchev–Trinajstić information content (AvgIpc) is 2.46. The summed E-state index contributed by atoms with van der Waals surface area (Å²) in [6.07, 6.45) is 0. The van der Waals surface area contributed by atoms with Crippen molar-refractivity contribution < 1.29 is 4.79 Å². The summed E-state index contributed by atoms with van der Waals surface area (Å²) in [4.78, 5) is 12.0. The number of benzene rings is 2. The predicted molar refractivity (Wildman–Crippen MR) is 85.3 cm³/mol. The second-order valence-corrected chi connectivity index (χ2v) is 5.15. The SMILES string of the molecule is CC(=NNC(=O)c1ccccc1I)c1ccccc1. The molecule has 0 atom stereocenters. The molecule has 4 heteroatoms. The van der Waals surface area contributed by atoms with E-state index in [0.717, 1.165) is 14.8 Å². The second kappa shape index (κ2) is 6.47. The first-order valence-electron chi connectivity index (χ1n) is 5.83. The van der Waals surface area contributed by atoms with Gasteiger partial charge in [-0.05, 0) is 47.2 Å². The van der Waals surface area contributed by atoms with Crippen LogP contribution in [-0.2, 0) is 0 Å². The van der Waals surface area contributed by atoms with Crippen LogP contribution >= 0.6 is 22.6 Å². The Morgan fingerprint density at radius 2 is 1.68 bits per heavy atom. The third-order valence-electron chi connectivity index (χ3n) is 2.64. The van der Waals surface area contributed by atoms with Crippen molar-refractivity contribution in [2.24, 2.45) is 5.10 Å². The maximum absolute atomic E-state index is 12.0. The lowest BCUT2D eigenvalue weighted by molar-refractivity contribution is 0.0954. The maximum Gasteiger partial charge on any atom is 0.272 e. The molecule has 1 N–H and O–H groups in total. The Morgan fingerprint density at radius 3 is 2.37 bits per heavy atom. The first-order chi connectivity index (χ1) is 9.18. The van der Waals surface area contributed by atoms with Crippen molar-refractivity contribution in [3.05, 3.63) is 69.3 Å². The number of carbonyl (C=O) groups is 1. The van der Waals surface area contributed by atoms with Gasteiger partial charge in [0.25, 0.3) is 5.91 Å². The molecule has 0 unspecified atom stereocenters. The summed E-state index contributed by atoms with van der Waals surface area (Å²) >= 11 is 2.13. The molecule has 0 fully saturated rings. The Kier molecular flexibility index (Phi) is 4.68. The zero-order chi connectivity index (χ0) is 13.7. The van der Waals surface area contributed by atoms with Gasteiger partial charge < -0.3 is 0 Å². The fourth-order valence-corrected chi connectivity index (χ4v) is 2.22. The summed E-state index contributed by atoms with van der Waals surface area (Å²) in [5.74, 6) is -0.194. The molecular weight excluding hydrogens is 351 g/mol. The molecule has 0 heterocycles. The molecule has 0 bridgehead atoms. The molecule has 96 valence electrons. The van der Waals surface area contributed by atoms with Gasteiger partial charge in [0, 0.05) is 3.57 Å². The summed E-state index contributed by atoms with van der Waals surface area (Å²) in [5, 5.41) is 4.13. The van der Waals surface area contributed by atoms with Crippen molar-refractivity contribution >= 4 is 34.2 Å². The van der Waals surface area contributed by atoms with Crippen molar-refractivity contribution in [1.82, 2.24) is 5.43 Å². The standard InChI is InChI=1S/C15H13IN2O/c1-11(12-7-3-2-4-8-12)17-18-15(19)13-9-5-6-10-14(13)16/h2-10H,1H3,(H,18,19). The Balaban J connectivity index is 2.11. The molecule has 3 nitrogen and oxygen atoms in total. The molecule has 2 aromatic carbocycles. The number of rotatable bonds is 3. The van der Waals surface area contributed by atoms with E-state index in [1.807, 2.05) is 55.5 Å². The van der Waals surface area contributed by atoms with E-state index >= 15 is 0 Å². The zero-order valence-corrected chi connectivity index (χ0v) is 12.6. The Bertz CT molecular complexity index is 609. The molecule has 19 heavy (non-hydrogen) atoms. The van der Waals surface area contributed by atoms with Gasteiger partial charge in [0.05, 0.1) is 11.3 Å². The summed E-state index contributed by atoms with van der Waals surface area (Å²) in [6.45, 7) is 1.87. The van der Waals surface area contributed by atoms with Crippen molar-refractivity contribution in [2.75, 3.05) is 0 Å². The largest absolute Gasteiger partial charge is 0.272 e. The number of halogens is 1. The Labute approximate surface area is 125 Å². The fraction of sp³-hybridized carbons (Fsp3) is 0.0667. The van der Waals surface area contributed by atoms with Crippen LogP contribution < -0.4 is 5.43 Å². The number of hydrogen-bond acceptors (Lipinski definition) is 2. The topological polar surface area (TPSA) is 41.5 Å². The number of hydrazone groups is 1. The molecule has 1 amide bonds. The molecule has 2 aromatic rings. The number of amides is 1. The van der Waals surface area contributed by atoms with Crippen LogP contribution in [0.2, 0.25) is 0 Å². The third-order valence-corrected chi connectivity index (χ3v) is 3.58. The second-order valence-electron chi connectivity index (χ2n) is 3.98. The van der Waals surface area contributed by atoms with Crippen LogP contribution in [0, 0.1) is 3.57 Å². The van der Waals surface area contributed by atoms with E-state index < -0.39 is 0 Å². The van der Waals surface area contributed by atoms with E-state index in [1.54, 1.807) is 6.07 Å². The van der Waals surface area contributed by atoms with Crippen LogP contribution in [0.5, 0.6) is 0 Å². The Hall–Kier alpha value is -1.69. The monoisotopic (exact) mass is 364 g/mol. The Morgan fingerprint density at radius 1 is 1.05 bits per heavy atom. The van der Waals surface area contributed by atoms with E-state index in [4.69, 9.17) is 0 Å². The van der Waals surface area contributed by atoms with Crippen LogP contribution in [0.25, 0.3) is 0 Å². The van der Waals surface area contributed by atoms with Crippen molar-refractivity contribution in [1.29, 1.82) is 0 Å². The van der Waals surface area contributed by atoms with Crippen LogP contribution in [0.1, 0.15) is 22.8 Å². The van der Waals surface area contributed by atoms with Gasteiger partial charge in [0.2, 0.25) is 0 Å². The molecule has 0 aliphatic carbocycles. The van der Waals surface area contributed by atoms with Gasteiger partial charge in [-0.25, -0.2) is 5.43 Å². The van der Waals surface area contributed by atoms with Gasteiger partial charge in [-0.2, -0.15) is 5.10 Å². The minimum absolute atomic E-state index is 0.194. The quantitative estimate of drug-likeness (QED) is 0.506. The van der Waals surface area contributed by atoms with Gasteiger partial charge in [-0.3, -0.25) is 4.79 Å². The van der Waals surface area contributed by atoms with E-state index in [9.17, 15) is 4.79 Å². The summed E-state index contributed by atoms with van der Waals surface area (Å²) < 4.78 is 0.908. The highest BCUT2D eigenvalue weighted by Crippen LogP contribution is 2.11. The van der Waals surface area contributed by atoms with E-state index in [0.29, 0.717) is 5.56 Å². The van der Waals surface area contributed by atoms with Crippen molar-refractivity contribution in [2.45, 2.75) is 6.92 Å². The lowest BCUT2D eigenvalue weighted by Gasteiger charge is -2.04. The first-order valence-corrected chi connectivity index (χ1v) is 6.91. The van der Waals surface area contributed by atoms with E-state index in [1.165, 1.54) is 0 Å². The molecule has 0 spiro atoms. The fourth-order valence-electron chi connectivity index (χ4n) is 1.58. The lowest BCUT2D eigenvalue weighted by Crippen LogP contribution is -2.20. The van der Waals surface area contributed by atoms with Crippen LogP contribution in [0.4, 0.5) is 0 Å². The minimum atomic E-state index is -0.194. The first kappa shape index (κ1) is 13.7. The number of hydrogen-bond donors (Lipinski definition) is 1. The van der Waals surface area contributed by atoms with Crippen LogP contribution in [-0.4, -0.2) is 11.6 Å². The molecule has 0 radical (unpaired) electrons. The molecule has 0 aliphatic heterocycles. The maximum atomic E-state index is 12.0.